The third-order valence-corrected chi connectivity index (χ3v) is 6.44. The maximum atomic E-state index is 12.9. The topological polar surface area (TPSA) is 90.7 Å². The zero-order chi connectivity index (χ0) is 21.2. The zero-order valence-electron chi connectivity index (χ0n) is 16.7. The van der Waals surface area contributed by atoms with Crippen molar-refractivity contribution >= 4 is 20.9 Å². The third-order valence-electron chi connectivity index (χ3n) is 4.63. The van der Waals surface area contributed by atoms with Crippen LogP contribution >= 0.6 is 0 Å². The van der Waals surface area contributed by atoms with Crippen LogP contribution in [0, 0.1) is 0 Å². The number of nitrogens with zero attached hydrogens (tertiary/aromatic N) is 3. The Kier molecular flexibility index (Phi) is 5.90. The number of hydrogen-bond donors (Lipinski definition) is 0. The lowest BCUT2D eigenvalue weighted by Gasteiger charge is -2.12. The number of aryl methyl sites for hydroxylation is 2. The molecule has 3 aromatic rings. The van der Waals surface area contributed by atoms with Crippen LogP contribution in [0.25, 0.3) is 10.9 Å². The first-order valence-electron chi connectivity index (χ1n) is 8.90. The monoisotopic (exact) mass is 417 g/mol. The van der Waals surface area contributed by atoms with Crippen LogP contribution < -0.4 is 15.0 Å². The van der Waals surface area contributed by atoms with Crippen molar-refractivity contribution in [2.45, 2.75) is 17.9 Å². The Morgan fingerprint density at radius 2 is 1.69 bits per heavy atom. The Hall–Kier alpha value is -2.91. The summed E-state index contributed by atoms with van der Waals surface area (Å²) >= 11 is 0. The SMILES string of the molecule is COc1cc(CCn2cnc3ccc(S(=O)(=O)N(C)C)cc3c2=O)cc(OC)c1. The van der Waals surface area contributed by atoms with Crippen molar-refractivity contribution in [3.05, 3.63) is 58.6 Å². The van der Waals surface area contributed by atoms with E-state index >= 15 is 0 Å². The average molecular weight is 417 g/mol. The molecule has 2 aromatic carbocycles. The van der Waals surface area contributed by atoms with Crippen LogP contribution in [0.1, 0.15) is 5.56 Å². The molecular weight excluding hydrogens is 394 g/mol. The highest BCUT2D eigenvalue weighted by atomic mass is 32.2. The molecule has 0 bridgehead atoms. The maximum absolute atomic E-state index is 12.9. The van der Waals surface area contributed by atoms with E-state index in [-0.39, 0.29) is 15.8 Å². The van der Waals surface area contributed by atoms with Gasteiger partial charge in [-0.2, -0.15) is 0 Å². The zero-order valence-corrected chi connectivity index (χ0v) is 17.6. The van der Waals surface area contributed by atoms with Crippen molar-refractivity contribution in [2.24, 2.45) is 0 Å². The van der Waals surface area contributed by atoms with Gasteiger partial charge in [-0.25, -0.2) is 17.7 Å². The van der Waals surface area contributed by atoms with Crippen LogP contribution in [0.4, 0.5) is 0 Å². The van der Waals surface area contributed by atoms with E-state index < -0.39 is 10.0 Å². The Labute approximate surface area is 169 Å². The summed E-state index contributed by atoms with van der Waals surface area (Å²) in [5.74, 6) is 1.34. The highest BCUT2D eigenvalue weighted by Gasteiger charge is 2.18. The lowest BCUT2D eigenvalue weighted by molar-refractivity contribution is 0.393. The van der Waals surface area contributed by atoms with Crippen LogP contribution in [-0.2, 0) is 23.0 Å². The van der Waals surface area contributed by atoms with Crippen molar-refractivity contribution in [1.29, 1.82) is 0 Å². The van der Waals surface area contributed by atoms with Gasteiger partial charge in [-0.1, -0.05) is 0 Å². The molecule has 0 spiro atoms. The minimum Gasteiger partial charge on any atom is -0.497 e. The molecule has 8 nitrogen and oxygen atoms in total. The first kappa shape index (κ1) is 20.8. The van der Waals surface area contributed by atoms with E-state index in [1.165, 1.54) is 37.1 Å². The van der Waals surface area contributed by atoms with Crippen molar-refractivity contribution in [3.8, 4) is 11.5 Å². The highest BCUT2D eigenvalue weighted by Crippen LogP contribution is 2.23. The van der Waals surface area contributed by atoms with Crippen LogP contribution in [0.15, 0.2) is 52.4 Å². The summed E-state index contributed by atoms with van der Waals surface area (Å²) in [5.41, 5.74) is 1.10. The third kappa shape index (κ3) is 4.25. The van der Waals surface area contributed by atoms with E-state index in [9.17, 15) is 13.2 Å². The lowest BCUT2D eigenvalue weighted by atomic mass is 10.1. The molecular formula is C20H23N3O5S. The predicted octanol–water partition coefficient (Wildman–Crippen LogP) is 1.91. The molecule has 0 aliphatic rings. The van der Waals surface area contributed by atoms with E-state index in [2.05, 4.69) is 4.98 Å². The second kappa shape index (κ2) is 8.22. The second-order valence-electron chi connectivity index (χ2n) is 6.68. The Balaban J connectivity index is 1.95. The molecule has 3 rings (SSSR count). The summed E-state index contributed by atoms with van der Waals surface area (Å²) in [6, 6.07) is 9.92. The molecule has 0 unspecified atom stereocenters. The fraction of sp³-hybridized carbons (Fsp3) is 0.300. The molecule has 0 amide bonds. The molecule has 1 aromatic heterocycles. The minimum atomic E-state index is -3.64. The minimum absolute atomic E-state index is 0.0594. The van der Waals surface area contributed by atoms with E-state index in [0.717, 1.165) is 9.87 Å². The normalized spacial score (nSPS) is 11.8. The Morgan fingerprint density at radius 3 is 2.28 bits per heavy atom. The Morgan fingerprint density at radius 1 is 1.03 bits per heavy atom. The van der Waals surface area contributed by atoms with Gasteiger partial charge >= 0.3 is 0 Å². The average Bonchev–Trinajstić information content (AvgIpc) is 2.72. The summed E-state index contributed by atoms with van der Waals surface area (Å²) in [6.45, 7) is 0.378. The van der Waals surface area contributed by atoms with Crippen molar-refractivity contribution in [3.63, 3.8) is 0 Å². The van der Waals surface area contributed by atoms with Crippen LogP contribution in [0.5, 0.6) is 11.5 Å². The first-order valence-corrected chi connectivity index (χ1v) is 10.3. The fourth-order valence-electron chi connectivity index (χ4n) is 2.93. The van der Waals surface area contributed by atoms with Gasteiger partial charge in [-0.05, 0) is 42.3 Å². The standard InChI is InChI=1S/C20H23N3O5S/c1-22(2)29(25,26)17-5-6-19-18(12-17)20(24)23(13-21-19)8-7-14-9-15(27-3)11-16(10-14)28-4/h5-6,9-13H,7-8H2,1-4H3. The second-order valence-corrected chi connectivity index (χ2v) is 8.83. The largest absolute Gasteiger partial charge is 0.497 e. The van der Waals surface area contributed by atoms with Gasteiger partial charge in [0.15, 0.2) is 0 Å². The van der Waals surface area contributed by atoms with E-state index in [1.807, 2.05) is 12.1 Å². The number of rotatable bonds is 7. The number of hydrogen-bond acceptors (Lipinski definition) is 6. The van der Waals surface area contributed by atoms with Crippen LogP contribution in [0.2, 0.25) is 0 Å². The number of aromatic nitrogens is 2. The molecule has 154 valence electrons. The van der Waals surface area contributed by atoms with Gasteiger partial charge in [-0.15, -0.1) is 0 Å². The molecule has 0 saturated heterocycles. The molecule has 0 aliphatic heterocycles. The maximum Gasteiger partial charge on any atom is 0.261 e. The highest BCUT2D eigenvalue weighted by molar-refractivity contribution is 7.89. The lowest BCUT2D eigenvalue weighted by Crippen LogP contribution is -2.24. The van der Waals surface area contributed by atoms with Gasteiger partial charge in [-0.3, -0.25) is 9.36 Å². The number of sulfonamides is 1. The van der Waals surface area contributed by atoms with Gasteiger partial charge in [0.2, 0.25) is 10.0 Å². The number of ether oxygens (including phenoxy) is 2. The molecule has 0 aliphatic carbocycles. The summed E-state index contributed by atoms with van der Waals surface area (Å²) in [6.07, 6.45) is 2.03. The predicted molar refractivity (Wildman–Crippen MR) is 110 cm³/mol. The summed E-state index contributed by atoms with van der Waals surface area (Å²) < 4.78 is 37.9. The summed E-state index contributed by atoms with van der Waals surface area (Å²) in [5, 5.41) is 0.263. The number of benzene rings is 2. The van der Waals surface area contributed by atoms with Crippen LogP contribution in [0.3, 0.4) is 0 Å². The van der Waals surface area contributed by atoms with E-state index in [0.29, 0.717) is 30.0 Å². The Bertz CT molecular complexity index is 1180. The summed E-state index contributed by atoms with van der Waals surface area (Å²) in [7, 11) is 2.41. The van der Waals surface area contributed by atoms with E-state index in [1.54, 1.807) is 26.4 Å². The first-order chi connectivity index (χ1) is 13.8. The van der Waals surface area contributed by atoms with Gasteiger partial charge in [0.25, 0.3) is 5.56 Å². The molecule has 9 heteroatoms. The molecule has 0 N–H and O–H groups in total. The molecule has 29 heavy (non-hydrogen) atoms. The van der Waals surface area contributed by atoms with Crippen molar-refractivity contribution in [2.75, 3.05) is 28.3 Å². The fourth-order valence-corrected chi connectivity index (χ4v) is 3.86. The molecule has 0 saturated carbocycles. The summed E-state index contributed by atoms with van der Waals surface area (Å²) in [4.78, 5) is 17.3. The van der Waals surface area contributed by atoms with Crippen molar-refractivity contribution in [1.82, 2.24) is 13.9 Å². The van der Waals surface area contributed by atoms with Crippen molar-refractivity contribution < 1.29 is 17.9 Å². The van der Waals surface area contributed by atoms with Gasteiger partial charge in [0.05, 0.1) is 36.3 Å². The van der Waals surface area contributed by atoms with Gasteiger partial charge in [0.1, 0.15) is 11.5 Å². The molecule has 1 heterocycles. The van der Waals surface area contributed by atoms with Gasteiger partial charge in [0, 0.05) is 26.7 Å². The van der Waals surface area contributed by atoms with E-state index in [4.69, 9.17) is 9.47 Å². The number of fused-ring (bicyclic) bond motifs is 1. The van der Waals surface area contributed by atoms with Gasteiger partial charge < -0.3 is 9.47 Å². The smallest absolute Gasteiger partial charge is 0.261 e. The molecule has 0 fully saturated rings. The molecule has 0 atom stereocenters. The van der Waals surface area contributed by atoms with Crippen LogP contribution in [-0.4, -0.2) is 50.6 Å². The quantitative estimate of drug-likeness (QED) is 0.583. The number of methoxy groups -OCH3 is 2. The molecule has 0 radical (unpaired) electrons.